The molecule has 0 spiro atoms. The molecular weight excluding hydrogens is 308 g/mol. The van der Waals surface area contributed by atoms with Crippen LogP contribution in [0.15, 0.2) is 15.7 Å². The van der Waals surface area contributed by atoms with Gasteiger partial charge in [-0.25, -0.2) is 4.79 Å². The van der Waals surface area contributed by atoms with Gasteiger partial charge in [0.25, 0.3) is 5.56 Å². The number of alkyl halides is 1. The quantitative estimate of drug-likeness (QED) is 0.543. The molecule has 1 aromatic rings. The van der Waals surface area contributed by atoms with E-state index in [4.69, 9.17) is 0 Å². The maximum absolute atomic E-state index is 11.9. The molecule has 1 rings (SSSR count). The zero-order valence-electron chi connectivity index (χ0n) is 11.8. The van der Waals surface area contributed by atoms with Crippen LogP contribution in [0.5, 0.6) is 0 Å². The first kappa shape index (κ1) is 16.2. The maximum Gasteiger partial charge on any atom is 0.330 e. The van der Waals surface area contributed by atoms with Crippen LogP contribution in [0.3, 0.4) is 0 Å². The average molecular weight is 331 g/mol. The van der Waals surface area contributed by atoms with Gasteiger partial charge in [0.2, 0.25) is 0 Å². The van der Waals surface area contributed by atoms with Gasteiger partial charge in [-0.3, -0.25) is 13.9 Å². The molecule has 0 aliphatic heterocycles. The van der Waals surface area contributed by atoms with Crippen LogP contribution in [0.25, 0.3) is 0 Å². The Labute approximate surface area is 122 Å². The van der Waals surface area contributed by atoms with E-state index < -0.39 is 0 Å². The van der Waals surface area contributed by atoms with Gasteiger partial charge in [-0.05, 0) is 19.8 Å². The molecule has 4 nitrogen and oxygen atoms in total. The summed E-state index contributed by atoms with van der Waals surface area (Å²) >= 11 is 3.43. The highest BCUT2D eigenvalue weighted by molar-refractivity contribution is 9.09. The molecule has 19 heavy (non-hydrogen) atoms. The molecular formula is C14H23BrN2O2. The standard InChI is InChI=1S/C14H23BrN2O2/c1-12-11-13(18)16(2)14(19)17(12)10-8-6-4-3-5-7-9-15/h11H,3-10H2,1-2H3. The first-order chi connectivity index (χ1) is 9.07. The van der Waals surface area contributed by atoms with Crippen molar-refractivity contribution in [1.82, 2.24) is 9.13 Å². The Morgan fingerprint density at radius 2 is 1.63 bits per heavy atom. The van der Waals surface area contributed by atoms with Crippen molar-refractivity contribution in [3.63, 3.8) is 0 Å². The highest BCUT2D eigenvalue weighted by Crippen LogP contribution is 2.07. The first-order valence-electron chi connectivity index (χ1n) is 6.91. The molecule has 0 bridgehead atoms. The van der Waals surface area contributed by atoms with Crippen molar-refractivity contribution in [1.29, 1.82) is 0 Å². The minimum Gasteiger partial charge on any atom is -0.298 e. The van der Waals surface area contributed by atoms with Crippen molar-refractivity contribution in [2.24, 2.45) is 7.05 Å². The van der Waals surface area contributed by atoms with Gasteiger partial charge in [-0.1, -0.05) is 41.6 Å². The Bertz CT molecular complexity index is 505. The van der Waals surface area contributed by atoms with Crippen LogP contribution in [0.4, 0.5) is 0 Å². The Morgan fingerprint density at radius 3 is 2.26 bits per heavy atom. The number of unbranched alkanes of at least 4 members (excludes halogenated alkanes) is 5. The van der Waals surface area contributed by atoms with Crippen LogP contribution in [-0.4, -0.2) is 14.5 Å². The van der Waals surface area contributed by atoms with Gasteiger partial charge >= 0.3 is 5.69 Å². The zero-order valence-corrected chi connectivity index (χ0v) is 13.4. The molecule has 1 heterocycles. The second-order valence-electron chi connectivity index (χ2n) is 4.93. The number of aryl methyl sites for hydroxylation is 1. The highest BCUT2D eigenvalue weighted by atomic mass is 79.9. The third kappa shape index (κ3) is 4.97. The summed E-state index contributed by atoms with van der Waals surface area (Å²) in [5.41, 5.74) is 0.324. The molecule has 108 valence electrons. The molecule has 5 heteroatoms. The van der Waals surface area contributed by atoms with Crippen molar-refractivity contribution in [2.75, 3.05) is 5.33 Å². The predicted molar refractivity (Wildman–Crippen MR) is 82.2 cm³/mol. The van der Waals surface area contributed by atoms with Gasteiger partial charge in [0, 0.05) is 30.7 Å². The van der Waals surface area contributed by atoms with E-state index >= 15 is 0 Å². The molecule has 0 amide bonds. The molecule has 0 unspecified atom stereocenters. The molecule has 0 radical (unpaired) electrons. The number of hydrogen-bond donors (Lipinski definition) is 0. The van der Waals surface area contributed by atoms with Gasteiger partial charge in [0.05, 0.1) is 0 Å². The topological polar surface area (TPSA) is 44.0 Å². The largest absolute Gasteiger partial charge is 0.330 e. The minimum absolute atomic E-state index is 0.204. The Balaban J connectivity index is 2.44. The third-order valence-electron chi connectivity index (χ3n) is 3.37. The highest BCUT2D eigenvalue weighted by Gasteiger charge is 2.05. The third-order valence-corrected chi connectivity index (χ3v) is 3.93. The van der Waals surface area contributed by atoms with Gasteiger partial charge in [-0.15, -0.1) is 0 Å². The fourth-order valence-electron chi connectivity index (χ4n) is 2.12. The van der Waals surface area contributed by atoms with Gasteiger partial charge in [0.15, 0.2) is 0 Å². The van der Waals surface area contributed by atoms with E-state index in [1.807, 2.05) is 6.92 Å². The molecule has 0 aliphatic carbocycles. The van der Waals surface area contributed by atoms with Gasteiger partial charge in [0.1, 0.15) is 0 Å². The van der Waals surface area contributed by atoms with Crippen molar-refractivity contribution >= 4 is 15.9 Å². The zero-order chi connectivity index (χ0) is 14.3. The molecule has 0 aliphatic rings. The summed E-state index contributed by atoms with van der Waals surface area (Å²) in [5, 5.41) is 1.08. The lowest BCUT2D eigenvalue weighted by Gasteiger charge is -2.10. The molecule has 0 aromatic carbocycles. The number of nitrogens with zero attached hydrogens (tertiary/aromatic N) is 2. The van der Waals surface area contributed by atoms with E-state index in [1.54, 1.807) is 4.57 Å². The second kappa shape index (κ2) is 8.35. The lowest BCUT2D eigenvalue weighted by atomic mass is 10.1. The molecule has 0 N–H and O–H groups in total. The average Bonchev–Trinajstić information content (AvgIpc) is 2.38. The lowest BCUT2D eigenvalue weighted by Crippen LogP contribution is -2.38. The molecule has 0 fully saturated rings. The summed E-state index contributed by atoms with van der Waals surface area (Å²) in [6, 6.07) is 1.53. The van der Waals surface area contributed by atoms with Crippen molar-refractivity contribution < 1.29 is 0 Å². The molecule has 0 atom stereocenters. The van der Waals surface area contributed by atoms with E-state index in [2.05, 4.69) is 15.9 Å². The fraction of sp³-hybridized carbons (Fsp3) is 0.714. The number of halogens is 1. The van der Waals surface area contributed by atoms with Crippen molar-refractivity contribution in [3.8, 4) is 0 Å². The smallest absolute Gasteiger partial charge is 0.298 e. The van der Waals surface area contributed by atoms with Crippen LogP contribution in [0.1, 0.15) is 44.2 Å². The van der Waals surface area contributed by atoms with Crippen molar-refractivity contribution in [2.45, 2.75) is 52.0 Å². The Hall–Kier alpha value is -0.840. The van der Waals surface area contributed by atoms with Crippen LogP contribution in [0, 0.1) is 6.92 Å². The molecule has 0 saturated heterocycles. The number of hydrogen-bond acceptors (Lipinski definition) is 2. The van der Waals surface area contributed by atoms with Crippen LogP contribution < -0.4 is 11.2 Å². The first-order valence-corrected chi connectivity index (χ1v) is 8.03. The Morgan fingerprint density at radius 1 is 1.05 bits per heavy atom. The van der Waals surface area contributed by atoms with E-state index in [9.17, 15) is 9.59 Å². The number of aromatic nitrogens is 2. The summed E-state index contributed by atoms with van der Waals surface area (Å²) < 4.78 is 2.86. The van der Waals surface area contributed by atoms with E-state index in [0.29, 0.717) is 6.54 Å². The molecule has 0 saturated carbocycles. The van der Waals surface area contributed by atoms with Crippen LogP contribution >= 0.6 is 15.9 Å². The SMILES string of the molecule is Cc1cc(=O)n(C)c(=O)n1CCCCCCCCBr. The van der Waals surface area contributed by atoms with Gasteiger partial charge < -0.3 is 0 Å². The van der Waals surface area contributed by atoms with E-state index in [-0.39, 0.29) is 11.2 Å². The van der Waals surface area contributed by atoms with E-state index in [0.717, 1.165) is 23.9 Å². The maximum atomic E-state index is 11.9. The predicted octanol–water partition coefficient (Wildman–Crippen LogP) is 2.59. The van der Waals surface area contributed by atoms with Gasteiger partial charge in [-0.2, -0.15) is 0 Å². The number of rotatable bonds is 8. The summed E-state index contributed by atoms with van der Waals surface area (Å²) in [4.78, 5) is 23.4. The normalized spacial score (nSPS) is 10.9. The Kier molecular flexibility index (Phi) is 7.13. The van der Waals surface area contributed by atoms with Crippen molar-refractivity contribution in [3.05, 3.63) is 32.6 Å². The second-order valence-corrected chi connectivity index (χ2v) is 5.72. The lowest BCUT2D eigenvalue weighted by molar-refractivity contribution is 0.520. The summed E-state index contributed by atoms with van der Waals surface area (Å²) in [6.45, 7) is 2.52. The molecule has 1 aromatic heterocycles. The summed E-state index contributed by atoms with van der Waals surface area (Å²) in [7, 11) is 1.53. The van der Waals surface area contributed by atoms with Crippen LogP contribution in [-0.2, 0) is 13.6 Å². The van der Waals surface area contributed by atoms with Crippen LogP contribution in [0.2, 0.25) is 0 Å². The summed E-state index contributed by atoms with van der Waals surface area (Å²) in [5.74, 6) is 0. The monoisotopic (exact) mass is 330 g/mol. The van der Waals surface area contributed by atoms with E-state index in [1.165, 1.54) is 43.4 Å². The fourth-order valence-corrected chi connectivity index (χ4v) is 2.52. The summed E-state index contributed by atoms with van der Waals surface area (Å²) in [6.07, 6.45) is 7.10. The minimum atomic E-state index is -0.228.